The molecular weight excluding hydrogens is 280 g/mol. The Balaban J connectivity index is 2.03. The van der Waals surface area contributed by atoms with Gasteiger partial charge in [0.1, 0.15) is 5.75 Å². The number of pyridine rings is 1. The highest BCUT2D eigenvalue weighted by atomic mass is 16.5. The summed E-state index contributed by atoms with van der Waals surface area (Å²) in [5, 5.41) is 0.601. The highest BCUT2D eigenvalue weighted by Gasteiger charge is 2.35. The van der Waals surface area contributed by atoms with Gasteiger partial charge in [-0.05, 0) is 37.1 Å². The van der Waals surface area contributed by atoms with Crippen molar-refractivity contribution in [3.8, 4) is 5.75 Å². The van der Waals surface area contributed by atoms with Gasteiger partial charge in [-0.25, -0.2) is 0 Å². The zero-order chi connectivity index (χ0) is 15.4. The molecule has 0 atom stereocenters. The number of methoxy groups -OCH3 is 1. The minimum Gasteiger partial charge on any atom is -0.497 e. The first-order chi connectivity index (χ1) is 10.6. The van der Waals surface area contributed by atoms with E-state index in [0.717, 1.165) is 28.9 Å². The number of H-pyrrole nitrogens is 1. The molecule has 2 aromatic rings. The number of benzene rings is 1. The topological polar surface area (TPSA) is 62.4 Å². The van der Waals surface area contributed by atoms with Gasteiger partial charge >= 0.3 is 0 Å². The Labute approximate surface area is 127 Å². The third-order valence-electron chi connectivity index (χ3n) is 4.55. The van der Waals surface area contributed by atoms with Crippen molar-refractivity contribution in [3.63, 3.8) is 0 Å². The van der Waals surface area contributed by atoms with Crippen LogP contribution in [0.25, 0.3) is 16.6 Å². The second-order valence-corrected chi connectivity index (χ2v) is 5.83. The molecule has 3 heterocycles. The number of carbonyl (C=O) groups excluding carboxylic acids is 1. The molecule has 0 radical (unpaired) electrons. The van der Waals surface area contributed by atoms with Crippen LogP contribution in [0, 0.1) is 0 Å². The van der Waals surface area contributed by atoms with E-state index in [9.17, 15) is 9.59 Å². The highest BCUT2D eigenvalue weighted by molar-refractivity contribution is 5.94. The fourth-order valence-corrected chi connectivity index (χ4v) is 3.36. The summed E-state index contributed by atoms with van der Waals surface area (Å²) >= 11 is 0. The van der Waals surface area contributed by atoms with Crippen molar-refractivity contribution < 1.29 is 9.53 Å². The molecule has 1 aromatic carbocycles. The van der Waals surface area contributed by atoms with Crippen LogP contribution in [0.1, 0.15) is 31.0 Å². The maximum absolute atomic E-state index is 12.8. The van der Waals surface area contributed by atoms with E-state index in [-0.39, 0.29) is 11.3 Å². The molecule has 0 unspecified atom stereocenters. The minimum atomic E-state index is -0.0230. The van der Waals surface area contributed by atoms with Crippen molar-refractivity contribution in [1.82, 2.24) is 9.88 Å². The van der Waals surface area contributed by atoms with Crippen LogP contribution in [-0.4, -0.2) is 22.9 Å². The largest absolute Gasteiger partial charge is 0.497 e. The van der Waals surface area contributed by atoms with Crippen molar-refractivity contribution in [3.05, 3.63) is 45.3 Å². The number of fused-ring (bicyclic) bond motifs is 4. The number of nitrogens with one attached hydrogen (secondary N) is 1. The molecule has 0 spiro atoms. The first kappa shape index (κ1) is 13.1. The summed E-state index contributed by atoms with van der Waals surface area (Å²) in [6, 6.07) is 5.42. The van der Waals surface area contributed by atoms with Crippen molar-refractivity contribution in [2.45, 2.75) is 26.3 Å². The summed E-state index contributed by atoms with van der Waals surface area (Å²) in [6.07, 6.45) is 1.28. The predicted molar refractivity (Wildman–Crippen MR) is 83.5 cm³/mol. The number of aromatic amines is 1. The van der Waals surface area contributed by atoms with Crippen LogP contribution in [-0.2, 0) is 11.3 Å². The van der Waals surface area contributed by atoms with E-state index in [4.69, 9.17) is 4.74 Å². The van der Waals surface area contributed by atoms with Crippen molar-refractivity contribution in [2.75, 3.05) is 7.11 Å². The fourth-order valence-electron chi connectivity index (χ4n) is 3.36. The number of nitrogens with zero attached hydrogens (tertiary/aromatic N) is 1. The third kappa shape index (κ3) is 1.65. The van der Waals surface area contributed by atoms with Crippen LogP contribution in [0.4, 0.5) is 0 Å². The normalized spacial score (nSPS) is 17.0. The molecule has 5 nitrogen and oxygen atoms in total. The molecule has 0 bridgehead atoms. The van der Waals surface area contributed by atoms with Gasteiger partial charge < -0.3 is 14.6 Å². The van der Waals surface area contributed by atoms with Gasteiger partial charge in [-0.2, -0.15) is 0 Å². The van der Waals surface area contributed by atoms with Crippen molar-refractivity contribution in [2.24, 2.45) is 0 Å². The van der Waals surface area contributed by atoms with Crippen molar-refractivity contribution >= 4 is 22.5 Å². The summed E-state index contributed by atoms with van der Waals surface area (Å²) in [7, 11) is 1.58. The maximum Gasteiger partial charge on any atom is 0.227 e. The standard InChI is InChI=1S/C17H16N2O3/c1-9-3-6-14(20)19-8-12-15(16(9)19)18-13-5-4-10(22-2)7-11(13)17(12)21/h4-5,7H,3,6,8H2,1-2H3,(H,18,21). The molecule has 0 aliphatic carbocycles. The first-order valence-electron chi connectivity index (χ1n) is 7.33. The van der Waals surface area contributed by atoms with E-state index in [0.29, 0.717) is 29.7 Å². The molecule has 1 aromatic heterocycles. The Morgan fingerprint density at radius 3 is 2.82 bits per heavy atom. The van der Waals surface area contributed by atoms with Gasteiger partial charge in [-0.3, -0.25) is 9.59 Å². The average Bonchev–Trinajstić information content (AvgIpc) is 2.92. The summed E-state index contributed by atoms with van der Waals surface area (Å²) in [6.45, 7) is 2.39. The molecule has 5 heteroatoms. The molecule has 112 valence electrons. The monoisotopic (exact) mass is 296 g/mol. The number of allylic oxidation sites excluding steroid dienone is 1. The Morgan fingerprint density at radius 2 is 2.05 bits per heavy atom. The van der Waals surface area contributed by atoms with E-state index in [1.165, 1.54) is 0 Å². The van der Waals surface area contributed by atoms with Gasteiger partial charge in [-0.1, -0.05) is 0 Å². The number of amides is 1. The van der Waals surface area contributed by atoms with Gasteiger partial charge in [0.25, 0.3) is 0 Å². The number of hydrogen-bond acceptors (Lipinski definition) is 3. The van der Waals surface area contributed by atoms with E-state index in [2.05, 4.69) is 4.98 Å². The quantitative estimate of drug-likeness (QED) is 0.879. The zero-order valence-corrected chi connectivity index (χ0v) is 12.5. The van der Waals surface area contributed by atoms with Crippen LogP contribution >= 0.6 is 0 Å². The van der Waals surface area contributed by atoms with Crippen LogP contribution < -0.4 is 10.2 Å². The molecule has 2 aliphatic heterocycles. The molecule has 0 saturated carbocycles. The number of ether oxygens (including phenoxy) is 1. The van der Waals surface area contributed by atoms with Crippen molar-refractivity contribution in [1.29, 1.82) is 0 Å². The van der Waals surface area contributed by atoms with E-state index in [1.54, 1.807) is 18.1 Å². The molecular formula is C17H16N2O3. The van der Waals surface area contributed by atoms with Gasteiger partial charge in [0.15, 0.2) is 5.43 Å². The molecule has 0 fully saturated rings. The second-order valence-electron chi connectivity index (χ2n) is 5.83. The minimum absolute atomic E-state index is 0.0230. The van der Waals surface area contributed by atoms with Gasteiger partial charge in [0, 0.05) is 17.4 Å². The lowest BCUT2D eigenvalue weighted by Crippen LogP contribution is -2.28. The zero-order valence-electron chi connectivity index (χ0n) is 12.5. The Kier molecular flexibility index (Phi) is 2.66. The first-order valence-corrected chi connectivity index (χ1v) is 7.33. The predicted octanol–water partition coefficient (Wildman–Crippen LogP) is 2.40. The lowest BCUT2D eigenvalue weighted by atomic mass is 10.0. The average molecular weight is 296 g/mol. The van der Waals surface area contributed by atoms with E-state index < -0.39 is 0 Å². The van der Waals surface area contributed by atoms with Crippen LogP contribution in [0.3, 0.4) is 0 Å². The summed E-state index contributed by atoms with van der Waals surface area (Å²) in [5.74, 6) is 0.742. The van der Waals surface area contributed by atoms with Crippen LogP contribution in [0.15, 0.2) is 28.6 Å². The van der Waals surface area contributed by atoms with Crippen LogP contribution in [0.2, 0.25) is 0 Å². The second kappa shape index (κ2) is 4.47. The van der Waals surface area contributed by atoms with E-state index in [1.807, 2.05) is 19.1 Å². The lowest BCUT2D eigenvalue weighted by Gasteiger charge is -2.25. The highest BCUT2D eigenvalue weighted by Crippen LogP contribution is 2.38. The van der Waals surface area contributed by atoms with Gasteiger partial charge in [0.2, 0.25) is 5.91 Å². The Bertz CT molecular complexity index is 908. The van der Waals surface area contributed by atoms with Gasteiger partial charge in [0.05, 0.1) is 30.6 Å². The summed E-state index contributed by atoms with van der Waals surface area (Å²) < 4.78 is 5.20. The molecule has 0 saturated heterocycles. The molecule has 1 amide bonds. The number of carbonyl (C=O) groups is 1. The number of aromatic nitrogens is 1. The van der Waals surface area contributed by atoms with Gasteiger partial charge in [-0.15, -0.1) is 0 Å². The maximum atomic E-state index is 12.8. The molecule has 4 rings (SSSR count). The SMILES string of the molecule is COc1ccc2[nH]c3c(c(=O)c2c1)CN1C(=O)CCC(C)=C31. The summed E-state index contributed by atoms with van der Waals surface area (Å²) in [4.78, 5) is 30.0. The smallest absolute Gasteiger partial charge is 0.227 e. The van der Waals surface area contributed by atoms with Crippen LogP contribution in [0.5, 0.6) is 5.75 Å². The Morgan fingerprint density at radius 1 is 1.23 bits per heavy atom. The molecule has 22 heavy (non-hydrogen) atoms. The Hall–Kier alpha value is -2.56. The number of hydrogen-bond donors (Lipinski definition) is 1. The summed E-state index contributed by atoms with van der Waals surface area (Å²) in [5.41, 5.74) is 4.26. The molecule has 2 aliphatic rings. The fraction of sp³-hybridized carbons (Fsp3) is 0.294. The van der Waals surface area contributed by atoms with E-state index >= 15 is 0 Å². The number of rotatable bonds is 1. The molecule has 1 N–H and O–H groups in total. The lowest BCUT2D eigenvalue weighted by molar-refractivity contribution is -0.128. The third-order valence-corrected chi connectivity index (χ3v) is 4.55.